The highest BCUT2D eigenvalue weighted by molar-refractivity contribution is 6.32. The van der Waals surface area contributed by atoms with Crippen LogP contribution in [0, 0.1) is 11.3 Å². The lowest BCUT2D eigenvalue weighted by Crippen LogP contribution is -2.02. The van der Waals surface area contributed by atoms with E-state index in [1.54, 1.807) is 0 Å². The fraction of sp³-hybridized carbons (Fsp3) is 0.235. The van der Waals surface area contributed by atoms with Crippen molar-refractivity contribution in [3.8, 4) is 45.1 Å². The van der Waals surface area contributed by atoms with E-state index in [0.717, 1.165) is 90.3 Å². The molecule has 356 valence electrons. The van der Waals surface area contributed by atoms with Crippen LogP contribution in [0.3, 0.4) is 0 Å². The van der Waals surface area contributed by atoms with E-state index in [1.807, 2.05) is 24.3 Å². The summed E-state index contributed by atoms with van der Waals surface area (Å²) in [6.07, 6.45) is 19.5. The van der Waals surface area contributed by atoms with E-state index in [9.17, 15) is 5.26 Å². The molecule has 0 aliphatic carbocycles. The zero-order valence-corrected chi connectivity index (χ0v) is 41.9. The first kappa shape index (κ1) is 46.6. The van der Waals surface area contributed by atoms with Crippen molar-refractivity contribution >= 4 is 66.6 Å². The highest BCUT2D eigenvalue weighted by atomic mass is 16.3. The van der Waals surface area contributed by atoms with Crippen LogP contribution in [-0.2, 0) is 12.8 Å². The standard InChI is InChI=1S/C68H63N2O2/c1-3-5-7-9-11-14-23-53-45-58(54(24-15-12-10-8-6-4-2)44-57(53)51-21-16-13-17-22-51)52-37-35-50(36-38-52)55(46-69)43-47-31-33-48(34-32-47)49-39-41-56(42-40-49)70-59-25-18-27-61-65(59)68-66-60(70)26-19-28-62(66)72-64-30-20-29-63(71-61)67(64)68/h13,16-22,25-45H,3-12,14-15,23-24H2,1-2H3/q+1/b55-43+. The Hall–Kier alpha value is -7.74. The van der Waals surface area contributed by atoms with Gasteiger partial charge >= 0.3 is 0 Å². The van der Waals surface area contributed by atoms with E-state index < -0.39 is 0 Å². The summed E-state index contributed by atoms with van der Waals surface area (Å²) in [6, 6.07) is 63.3. The van der Waals surface area contributed by atoms with E-state index in [0.29, 0.717) is 5.57 Å². The molecule has 0 radical (unpaired) electrons. The topological polar surface area (TPSA) is 55.0 Å². The van der Waals surface area contributed by atoms with E-state index in [2.05, 4.69) is 176 Å². The lowest BCUT2D eigenvalue weighted by molar-refractivity contribution is 0.606. The Morgan fingerprint density at radius 1 is 0.472 bits per heavy atom. The third kappa shape index (κ3) is 9.33. The smallest absolute Gasteiger partial charge is 0.193 e. The molecule has 11 aromatic rings. The summed E-state index contributed by atoms with van der Waals surface area (Å²) in [5.41, 5.74) is 19.5. The molecule has 8 aromatic carbocycles. The minimum Gasteiger partial charge on any atom is -0.405 e. The van der Waals surface area contributed by atoms with Crippen LogP contribution in [0.4, 0.5) is 0 Å². The van der Waals surface area contributed by atoms with Crippen LogP contribution in [0.1, 0.15) is 113 Å². The quantitative estimate of drug-likeness (QED) is 0.0191. The van der Waals surface area contributed by atoms with Crippen molar-refractivity contribution in [1.82, 2.24) is 4.57 Å². The summed E-state index contributed by atoms with van der Waals surface area (Å²) in [7, 11) is 0. The molecule has 0 N–H and O–H groups in total. The molecule has 4 nitrogen and oxygen atoms in total. The number of nitrogens with zero attached hydrogens (tertiary/aromatic N) is 2. The molecule has 0 bridgehead atoms. The van der Waals surface area contributed by atoms with Gasteiger partial charge in [0, 0.05) is 24.3 Å². The molecule has 0 atom stereocenters. The molecule has 0 saturated carbocycles. The van der Waals surface area contributed by atoms with Gasteiger partial charge in [-0.05, 0) is 130 Å². The highest BCUT2D eigenvalue weighted by Crippen LogP contribution is 2.45. The monoisotopic (exact) mass is 939 g/mol. The Labute approximate surface area is 424 Å². The van der Waals surface area contributed by atoms with Gasteiger partial charge in [-0.2, -0.15) is 5.26 Å². The summed E-state index contributed by atoms with van der Waals surface area (Å²) in [5, 5.41) is 14.9. The van der Waals surface area contributed by atoms with Crippen LogP contribution >= 0.6 is 0 Å². The second-order valence-electron chi connectivity index (χ2n) is 19.8. The van der Waals surface area contributed by atoms with Gasteiger partial charge in [0.15, 0.2) is 22.3 Å². The van der Waals surface area contributed by atoms with Gasteiger partial charge in [-0.3, -0.25) is 4.57 Å². The van der Waals surface area contributed by atoms with Gasteiger partial charge < -0.3 is 8.83 Å². The van der Waals surface area contributed by atoms with Crippen molar-refractivity contribution in [2.24, 2.45) is 0 Å². The Balaban J connectivity index is 0.857. The van der Waals surface area contributed by atoms with Crippen LogP contribution in [0.15, 0.2) is 179 Å². The minimum absolute atomic E-state index is 0.651. The van der Waals surface area contributed by atoms with Crippen LogP contribution in [-0.4, -0.2) is 4.57 Å². The zero-order valence-electron chi connectivity index (χ0n) is 41.9. The number of nitriles is 1. The van der Waals surface area contributed by atoms with Crippen molar-refractivity contribution in [3.05, 3.63) is 192 Å². The highest BCUT2D eigenvalue weighted by Gasteiger charge is 2.28. The molecule has 0 unspecified atom stereocenters. The number of hydrogen-bond acceptors (Lipinski definition) is 3. The lowest BCUT2D eigenvalue weighted by Gasteiger charge is -2.18. The molecule has 0 amide bonds. The van der Waals surface area contributed by atoms with Crippen LogP contribution in [0.5, 0.6) is 0 Å². The van der Waals surface area contributed by atoms with Crippen LogP contribution < -0.4 is 0 Å². The average Bonchev–Trinajstić information content (AvgIpc) is 3.43. The number of aryl methyl sites for hydroxylation is 2. The molecule has 0 spiro atoms. The molecular weight excluding hydrogens is 877 g/mol. The molecule has 0 aliphatic rings. The molecule has 0 saturated heterocycles. The molecule has 11 rings (SSSR count). The largest absolute Gasteiger partial charge is 0.405 e. The Morgan fingerprint density at radius 2 is 0.931 bits per heavy atom. The third-order valence-electron chi connectivity index (χ3n) is 15.0. The molecule has 3 heterocycles. The Morgan fingerprint density at radius 3 is 1.46 bits per heavy atom. The van der Waals surface area contributed by atoms with Gasteiger partial charge in [0.05, 0.1) is 22.7 Å². The molecule has 0 aliphatic heterocycles. The van der Waals surface area contributed by atoms with E-state index >= 15 is 0 Å². The van der Waals surface area contributed by atoms with E-state index in [4.69, 9.17) is 8.83 Å². The van der Waals surface area contributed by atoms with Crippen molar-refractivity contribution in [3.63, 3.8) is 0 Å². The van der Waals surface area contributed by atoms with E-state index in [1.165, 1.54) is 116 Å². The normalized spacial score (nSPS) is 12.0. The number of aromatic nitrogens is 1. The maximum absolute atomic E-state index is 10.5. The molecular formula is C68H63N2O2+. The van der Waals surface area contributed by atoms with Crippen LogP contribution in [0.25, 0.3) is 106 Å². The maximum atomic E-state index is 10.5. The first-order chi connectivity index (χ1) is 35.6. The second-order valence-corrected chi connectivity index (χ2v) is 19.8. The minimum atomic E-state index is 0.651. The maximum Gasteiger partial charge on any atom is 0.193 e. The predicted molar refractivity (Wildman–Crippen MR) is 304 cm³/mol. The zero-order chi connectivity index (χ0) is 48.8. The van der Waals surface area contributed by atoms with Gasteiger partial charge in [0.1, 0.15) is 27.2 Å². The summed E-state index contributed by atoms with van der Waals surface area (Å²) >= 11 is 0. The Bertz CT molecular complexity index is 3600. The number of unbranched alkanes of at least 4 members (excludes halogenated alkanes) is 10. The first-order valence-electron chi connectivity index (χ1n) is 26.7. The van der Waals surface area contributed by atoms with Gasteiger partial charge in [-0.15, -0.1) is 0 Å². The van der Waals surface area contributed by atoms with Gasteiger partial charge in [0.25, 0.3) is 0 Å². The molecule has 3 aromatic heterocycles. The van der Waals surface area contributed by atoms with Gasteiger partial charge in [0.2, 0.25) is 0 Å². The third-order valence-corrected chi connectivity index (χ3v) is 15.0. The van der Waals surface area contributed by atoms with Gasteiger partial charge in [-0.25, -0.2) is 0 Å². The second kappa shape index (κ2) is 21.3. The van der Waals surface area contributed by atoms with Gasteiger partial charge in [-0.1, -0.05) is 181 Å². The number of benzene rings is 8. The summed E-state index contributed by atoms with van der Waals surface area (Å²) in [6.45, 7) is 4.58. The first-order valence-corrected chi connectivity index (χ1v) is 26.7. The van der Waals surface area contributed by atoms with Crippen LogP contribution in [0.2, 0.25) is 0 Å². The van der Waals surface area contributed by atoms with E-state index in [-0.39, 0.29) is 0 Å². The van der Waals surface area contributed by atoms with Crippen molar-refractivity contribution < 1.29 is 8.83 Å². The van der Waals surface area contributed by atoms with Crippen molar-refractivity contribution in [2.75, 3.05) is 0 Å². The SMILES string of the molecule is CCCCCCCCc1cc(-c2ccc(/C(C#N)=C/c3ccc(-c4ccc(-n5c6cccc7oc8cccc9oc%10cccc5c%10[c+](c89)c76)cc4)cc3)cc2)c(CCCCCCCC)cc1-c1ccccc1. The lowest BCUT2D eigenvalue weighted by atomic mass is 9.86. The summed E-state index contributed by atoms with van der Waals surface area (Å²) in [5.74, 6) is 0. The number of rotatable bonds is 20. The number of allylic oxidation sites excluding steroid dienone is 1. The molecule has 0 fully saturated rings. The predicted octanol–water partition coefficient (Wildman–Crippen LogP) is 20.0. The Kier molecular flexibility index (Phi) is 13.8. The molecule has 72 heavy (non-hydrogen) atoms. The summed E-state index contributed by atoms with van der Waals surface area (Å²) in [4.78, 5) is 0. The molecule has 4 heteroatoms. The fourth-order valence-electron chi connectivity index (χ4n) is 11.2. The van der Waals surface area contributed by atoms with Crippen molar-refractivity contribution in [1.29, 1.82) is 5.26 Å². The average molecular weight is 940 g/mol. The van der Waals surface area contributed by atoms with Crippen molar-refractivity contribution in [2.45, 2.75) is 104 Å². The fourth-order valence-corrected chi connectivity index (χ4v) is 11.2. The number of pyridine rings is 1. The number of hydrogen-bond donors (Lipinski definition) is 0. The summed E-state index contributed by atoms with van der Waals surface area (Å²) < 4.78 is 15.3.